The highest BCUT2D eigenvalue weighted by atomic mass is 16.5. The average molecular weight is 237 g/mol. The largest absolute Gasteiger partial charge is 0.468 e. The molecule has 0 amide bonds. The van der Waals surface area contributed by atoms with Crippen LogP contribution in [0.4, 0.5) is 0 Å². The predicted octanol–water partition coefficient (Wildman–Crippen LogP) is 3.22. The summed E-state index contributed by atoms with van der Waals surface area (Å²) in [6.07, 6.45) is 8.48. The van der Waals surface area contributed by atoms with E-state index < -0.39 is 0 Å². The van der Waals surface area contributed by atoms with Crippen molar-refractivity contribution in [2.45, 2.75) is 58.3 Å². The van der Waals surface area contributed by atoms with Gasteiger partial charge in [-0.3, -0.25) is 0 Å². The lowest BCUT2D eigenvalue weighted by Gasteiger charge is -2.28. The first-order chi connectivity index (χ1) is 8.33. The Balaban J connectivity index is 1.81. The maximum absolute atomic E-state index is 5.99. The van der Waals surface area contributed by atoms with Crippen LogP contribution in [0.25, 0.3) is 0 Å². The molecule has 0 spiro atoms. The van der Waals surface area contributed by atoms with Crippen LogP contribution in [-0.2, 0) is 17.9 Å². The molecule has 1 aliphatic carbocycles. The Kier molecular flexibility index (Phi) is 4.63. The summed E-state index contributed by atoms with van der Waals surface area (Å²) in [6, 6.07) is 1.96. The van der Waals surface area contributed by atoms with Crippen molar-refractivity contribution in [2.24, 2.45) is 11.7 Å². The average Bonchev–Trinajstić information content (AvgIpc) is 2.84. The molecule has 2 atom stereocenters. The van der Waals surface area contributed by atoms with Crippen LogP contribution in [0, 0.1) is 5.92 Å². The highest BCUT2D eigenvalue weighted by Gasteiger charge is 2.21. The Morgan fingerprint density at radius 1 is 1.47 bits per heavy atom. The Bertz CT molecular complexity index is 335. The SMILES string of the molecule is CCC1CCCC(OCc2ccoc2CN)C1. The normalized spacial score (nSPS) is 25.1. The molecule has 1 saturated carbocycles. The monoisotopic (exact) mass is 237 g/mol. The molecule has 0 saturated heterocycles. The van der Waals surface area contributed by atoms with Gasteiger partial charge in [-0.2, -0.15) is 0 Å². The van der Waals surface area contributed by atoms with Crippen LogP contribution in [0.3, 0.4) is 0 Å². The summed E-state index contributed by atoms with van der Waals surface area (Å²) in [7, 11) is 0. The van der Waals surface area contributed by atoms with E-state index in [0.717, 1.165) is 17.2 Å². The van der Waals surface area contributed by atoms with Crippen molar-refractivity contribution in [2.75, 3.05) is 0 Å². The Morgan fingerprint density at radius 3 is 3.12 bits per heavy atom. The van der Waals surface area contributed by atoms with E-state index in [-0.39, 0.29) is 0 Å². The van der Waals surface area contributed by atoms with Crippen molar-refractivity contribution in [3.63, 3.8) is 0 Å². The fourth-order valence-corrected chi connectivity index (χ4v) is 2.65. The molecule has 1 aromatic heterocycles. The van der Waals surface area contributed by atoms with E-state index in [0.29, 0.717) is 19.3 Å². The summed E-state index contributed by atoms with van der Waals surface area (Å²) in [5, 5.41) is 0. The summed E-state index contributed by atoms with van der Waals surface area (Å²) >= 11 is 0. The summed E-state index contributed by atoms with van der Waals surface area (Å²) in [4.78, 5) is 0. The van der Waals surface area contributed by atoms with Gasteiger partial charge in [-0.1, -0.05) is 26.2 Å². The van der Waals surface area contributed by atoms with Gasteiger partial charge in [0.15, 0.2) is 0 Å². The van der Waals surface area contributed by atoms with Gasteiger partial charge in [-0.05, 0) is 24.8 Å². The van der Waals surface area contributed by atoms with Gasteiger partial charge in [0.05, 0.1) is 25.5 Å². The van der Waals surface area contributed by atoms with Crippen LogP contribution in [0.5, 0.6) is 0 Å². The fraction of sp³-hybridized carbons (Fsp3) is 0.714. The van der Waals surface area contributed by atoms with Gasteiger partial charge in [0, 0.05) is 5.56 Å². The standard InChI is InChI=1S/C14H23NO2/c1-2-11-4-3-5-13(8-11)17-10-12-6-7-16-14(12)9-15/h6-7,11,13H,2-5,8-10,15H2,1H3. The Morgan fingerprint density at radius 2 is 2.35 bits per heavy atom. The molecule has 1 fully saturated rings. The van der Waals surface area contributed by atoms with Crippen molar-refractivity contribution in [3.05, 3.63) is 23.7 Å². The maximum atomic E-state index is 5.99. The quantitative estimate of drug-likeness (QED) is 0.855. The predicted molar refractivity (Wildman–Crippen MR) is 67.4 cm³/mol. The number of ether oxygens (including phenoxy) is 1. The number of hydrogen-bond donors (Lipinski definition) is 1. The summed E-state index contributed by atoms with van der Waals surface area (Å²) in [6.45, 7) is 3.37. The molecule has 96 valence electrons. The zero-order valence-corrected chi connectivity index (χ0v) is 10.7. The highest BCUT2D eigenvalue weighted by Crippen LogP contribution is 2.29. The molecule has 2 N–H and O–H groups in total. The summed E-state index contributed by atoms with van der Waals surface area (Å²) in [5.41, 5.74) is 6.70. The lowest BCUT2D eigenvalue weighted by atomic mass is 9.85. The van der Waals surface area contributed by atoms with Crippen molar-refractivity contribution in [1.82, 2.24) is 0 Å². The fourth-order valence-electron chi connectivity index (χ4n) is 2.65. The van der Waals surface area contributed by atoms with Gasteiger partial charge in [-0.15, -0.1) is 0 Å². The minimum absolute atomic E-state index is 0.425. The molecule has 1 aromatic rings. The van der Waals surface area contributed by atoms with Crippen molar-refractivity contribution in [3.8, 4) is 0 Å². The van der Waals surface area contributed by atoms with Gasteiger partial charge in [0.25, 0.3) is 0 Å². The molecule has 17 heavy (non-hydrogen) atoms. The van der Waals surface area contributed by atoms with Crippen LogP contribution in [0.15, 0.2) is 16.7 Å². The number of furan rings is 1. The summed E-state index contributed by atoms with van der Waals surface area (Å²) < 4.78 is 11.3. The lowest BCUT2D eigenvalue weighted by Crippen LogP contribution is -2.22. The van der Waals surface area contributed by atoms with Gasteiger partial charge < -0.3 is 14.9 Å². The second-order valence-electron chi connectivity index (χ2n) is 4.95. The van der Waals surface area contributed by atoms with Crippen LogP contribution >= 0.6 is 0 Å². The summed E-state index contributed by atoms with van der Waals surface area (Å²) in [5.74, 6) is 1.71. The Hall–Kier alpha value is -0.800. The lowest BCUT2D eigenvalue weighted by molar-refractivity contribution is 0.00123. The molecule has 3 nitrogen and oxygen atoms in total. The van der Waals surface area contributed by atoms with Gasteiger partial charge >= 0.3 is 0 Å². The molecular formula is C14H23NO2. The minimum Gasteiger partial charge on any atom is -0.468 e. The topological polar surface area (TPSA) is 48.4 Å². The third-order valence-corrected chi connectivity index (χ3v) is 3.81. The van der Waals surface area contributed by atoms with E-state index in [1.807, 2.05) is 6.07 Å². The van der Waals surface area contributed by atoms with E-state index >= 15 is 0 Å². The second kappa shape index (κ2) is 6.22. The first-order valence-electron chi connectivity index (χ1n) is 6.70. The van der Waals surface area contributed by atoms with Crippen LogP contribution in [0.1, 0.15) is 50.4 Å². The van der Waals surface area contributed by atoms with Crippen LogP contribution in [0.2, 0.25) is 0 Å². The Labute approximate surface area is 103 Å². The molecule has 0 radical (unpaired) electrons. The molecule has 1 aliphatic rings. The minimum atomic E-state index is 0.425. The zero-order chi connectivity index (χ0) is 12.1. The van der Waals surface area contributed by atoms with E-state index in [4.69, 9.17) is 14.9 Å². The maximum Gasteiger partial charge on any atom is 0.122 e. The highest BCUT2D eigenvalue weighted by molar-refractivity contribution is 5.15. The van der Waals surface area contributed by atoms with Crippen molar-refractivity contribution in [1.29, 1.82) is 0 Å². The molecular weight excluding hydrogens is 214 g/mol. The van der Waals surface area contributed by atoms with Crippen molar-refractivity contribution < 1.29 is 9.15 Å². The van der Waals surface area contributed by atoms with Crippen LogP contribution in [-0.4, -0.2) is 6.10 Å². The third kappa shape index (κ3) is 3.33. The van der Waals surface area contributed by atoms with Gasteiger partial charge in [-0.25, -0.2) is 0 Å². The van der Waals surface area contributed by atoms with Crippen LogP contribution < -0.4 is 5.73 Å². The molecule has 0 bridgehead atoms. The van der Waals surface area contributed by atoms with E-state index in [1.165, 1.54) is 32.1 Å². The molecule has 0 aromatic carbocycles. The zero-order valence-electron chi connectivity index (χ0n) is 10.7. The van der Waals surface area contributed by atoms with E-state index in [1.54, 1.807) is 6.26 Å². The first-order valence-corrected chi connectivity index (χ1v) is 6.70. The molecule has 2 rings (SSSR count). The molecule has 3 heteroatoms. The van der Waals surface area contributed by atoms with Gasteiger partial charge in [0.1, 0.15) is 5.76 Å². The second-order valence-corrected chi connectivity index (χ2v) is 4.95. The van der Waals surface area contributed by atoms with Crippen molar-refractivity contribution >= 4 is 0 Å². The molecule has 0 aliphatic heterocycles. The van der Waals surface area contributed by atoms with E-state index in [9.17, 15) is 0 Å². The number of rotatable bonds is 5. The van der Waals surface area contributed by atoms with Gasteiger partial charge in [0.2, 0.25) is 0 Å². The molecule has 2 unspecified atom stereocenters. The molecule has 1 heterocycles. The number of nitrogens with two attached hydrogens (primary N) is 1. The number of hydrogen-bond acceptors (Lipinski definition) is 3. The third-order valence-electron chi connectivity index (χ3n) is 3.81. The smallest absolute Gasteiger partial charge is 0.122 e. The first kappa shape index (κ1) is 12.7. The van der Waals surface area contributed by atoms with E-state index in [2.05, 4.69) is 6.92 Å².